The summed E-state index contributed by atoms with van der Waals surface area (Å²) in [6.45, 7) is 3.45. The van der Waals surface area contributed by atoms with E-state index in [1.165, 1.54) is 10.8 Å². The van der Waals surface area contributed by atoms with E-state index in [0.29, 0.717) is 13.7 Å². The van der Waals surface area contributed by atoms with E-state index in [1.54, 1.807) is 0 Å². The second kappa shape index (κ2) is 4.59. The molecule has 1 N–H and O–H groups in total. The van der Waals surface area contributed by atoms with Crippen LogP contribution in [0.2, 0.25) is 0 Å². The fraction of sp³-hybridized carbons (Fsp3) is 0.143. The summed E-state index contributed by atoms with van der Waals surface area (Å²) in [7, 11) is 0. The van der Waals surface area contributed by atoms with E-state index in [2.05, 4.69) is 59.5 Å². The average Bonchev–Trinajstić information content (AvgIpc) is 2.35. The third-order valence-electron chi connectivity index (χ3n) is 1.50. The van der Waals surface area contributed by atoms with Gasteiger partial charge in [-0.15, -0.1) is 6.58 Å². The van der Waals surface area contributed by atoms with Crippen LogP contribution in [0.3, 0.4) is 0 Å². The summed E-state index contributed by atoms with van der Waals surface area (Å²) in [5.41, 5.74) is 0. The molecule has 1 aromatic heterocycles. The number of aromatic nitrogens is 2. The summed E-state index contributed by atoms with van der Waals surface area (Å²) < 4.78 is 3.07. The predicted octanol–water partition coefficient (Wildman–Crippen LogP) is 2.98. The molecule has 0 aliphatic heterocycles. The quantitative estimate of drug-likeness (QED) is 0.810. The molecule has 1 atom stereocenters. The van der Waals surface area contributed by atoms with Crippen molar-refractivity contribution in [3.8, 4) is 0 Å². The highest BCUT2D eigenvalue weighted by molar-refractivity contribution is 9.14. The molecule has 0 aliphatic rings. The van der Waals surface area contributed by atoms with Crippen molar-refractivity contribution in [1.29, 1.82) is 0 Å². The number of rotatable bonds is 3. The van der Waals surface area contributed by atoms with Crippen LogP contribution in [-0.2, 0) is 4.79 Å². The highest BCUT2D eigenvalue weighted by Crippen LogP contribution is 2.32. The second-order valence-electron chi connectivity index (χ2n) is 2.36. The number of carbonyl (C=O) groups is 1. The number of halogens is 3. The zero-order chi connectivity index (χ0) is 10.9. The first-order valence-corrected chi connectivity index (χ1v) is 5.81. The molecule has 0 fully saturated rings. The number of nitrogens with zero attached hydrogens (tertiary/aromatic N) is 2. The first kappa shape index (κ1) is 11.9. The van der Waals surface area contributed by atoms with Crippen LogP contribution in [0.25, 0.3) is 0 Å². The van der Waals surface area contributed by atoms with E-state index in [4.69, 9.17) is 5.11 Å². The molecular formula is C7H5Br3N2O2. The van der Waals surface area contributed by atoms with Crippen LogP contribution in [0.5, 0.6) is 0 Å². The SMILES string of the molecule is C=CC(C(=O)O)n1nc(Br)c(Br)c1Br. The molecule has 0 spiro atoms. The average molecular weight is 389 g/mol. The molecule has 1 rings (SSSR count). The van der Waals surface area contributed by atoms with Gasteiger partial charge >= 0.3 is 5.97 Å². The van der Waals surface area contributed by atoms with E-state index >= 15 is 0 Å². The molecule has 7 heteroatoms. The Morgan fingerprint density at radius 1 is 1.57 bits per heavy atom. The first-order valence-electron chi connectivity index (χ1n) is 3.43. The van der Waals surface area contributed by atoms with Gasteiger partial charge in [0.05, 0.1) is 4.47 Å². The van der Waals surface area contributed by atoms with Crippen molar-refractivity contribution in [2.24, 2.45) is 0 Å². The Bertz CT molecular complexity index is 389. The zero-order valence-electron chi connectivity index (χ0n) is 6.75. The van der Waals surface area contributed by atoms with Crippen molar-refractivity contribution >= 4 is 53.8 Å². The van der Waals surface area contributed by atoms with Gasteiger partial charge in [0.2, 0.25) is 0 Å². The highest BCUT2D eigenvalue weighted by Gasteiger charge is 2.22. The normalized spacial score (nSPS) is 12.5. The van der Waals surface area contributed by atoms with E-state index in [0.717, 1.165) is 0 Å². The highest BCUT2D eigenvalue weighted by atomic mass is 79.9. The molecule has 1 unspecified atom stereocenters. The molecule has 4 nitrogen and oxygen atoms in total. The molecule has 0 radical (unpaired) electrons. The molecule has 0 aromatic carbocycles. The molecule has 0 aliphatic carbocycles. The van der Waals surface area contributed by atoms with E-state index in [9.17, 15) is 4.79 Å². The molecule has 1 heterocycles. The smallest absolute Gasteiger partial charge is 0.332 e. The third kappa shape index (κ3) is 2.09. The lowest BCUT2D eigenvalue weighted by Gasteiger charge is -2.08. The molecule has 1 aromatic rings. The second-order valence-corrected chi connectivity index (χ2v) is 4.65. The van der Waals surface area contributed by atoms with Gasteiger partial charge in [0.1, 0.15) is 9.21 Å². The summed E-state index contributed by atoms with van der Waals surface area (Å²) in [5, 5.41) is 12.9. The van der Waals surface area contributed by atoms with E-state index in [1.807, 2.05) is 0 Å². The van der Waals surface area contributed by atoms with E-state index < -0.39 is 12.0 Å². The van der Waals surface area contributed by atoms with Crippen LogP contribution >= 0.6 is 47.8 Å². The number of hydrogen-bond donors (Lipinski definition) is 1. The first-order chi connectivity index (χ1) is 6.49. The number of carboxylic acid groups (broad SMARTS) is 1. The minimum absolute atomic E-state index is 0.539. The van der Waals surface area contributed by atoms with Crippen LogP contribution < -0.4 is 0 Å². The topological polar surface area (TPSA) is 55.1 Å². The maximum atomic E-state index is 10.8. The van der Waals surface area contributed by atoms with Gasteiger partial charge in [0.15, 0.2) is 6.04 Å². The van der Waals surface area contributed by atoms with Gasteiger partial charge in [-0.05, 0) is 47.8 Å². The number of aliphatic carboxylic acids is 1. The Labute approximate surface area is 105 Å². The van der Waals surface area contributed by atoms with Crippen molar-refractivity contribution in [3.63, 3.8) is 0 Å². The van der Waals surface area contributed by atoms with Gasteiger partial charge in [-0.1, -0.05) is 6.08 Å². The molecule has 0 bridgehead atoms. The molecule has 0 amide bonds. The maximum Gasteiger partial charge on any atom is 0.332 e. The Morgan fingerprint density at radius 2 is 2.14 bits per heavy atom. The molecule has 76 valence electrons. The van der Waals surface area contributed by atoms with Crippen LogP contribution in [0.15, 0.2) is 26.3 Å². The van der Waals surface area contributed by atoms with Gasteiger partial charge in [0.25, 0.3) is 0 Å². The molecule has 0 saturated carbocycles. The van der Waals surface area contributed by atoms with Crippen LogP contribution in [0.4, 0.5) is 0 Å². The molecular weight excluding hydrogens is 384 g/mol. The summed E-state index contributed by atoms with van der Waals surface area (Å²) >= 11 is 9.64. The third-order valence-corrected chi connectivity index (χ3v) is 4.63. The summed E-state index contributed by atoms with van der Waals surface area (Å²) in [6, 6.07) is -0.882. The predicted molar refractivity (Wildman–Crippen MR) is 62.2 cm³/mol. The Kier molecular flexibility index (Phi) is 3.91. The zero-order valence-corrected chi connectivity index (χ0v) is 11.5. The standard InChI is InChI=1S/C7H5Br3N2O2/c1-2-3(7(13)14)12-6(10)4(8)5(9)11-12/h2-3H,1H2,(H,13,14). The van der Waals surface area contributed by atoms with Gasteiger partial charge < -0.3 is 5.11 Å². The maximum absolute atomic E-state index is 10.8. The van der Waals surface area contributed by atoms with Crippen molar-refractivity contribution in [3.05, 3.63) is 26.3 Å². The monoisotopic (exact) mass is 386 g/mol. The van der Waals surface area contributed by atoms with Crippen LogP contribution in [0.1, 0.15) is 6.04 Å². The van der Waals surface area contributed by atoms with Crippen molar-refractivity contribution in [1.82, 2.24) is 9.78 Å². The van der Waals surface area contributed by atoms with Crippen molar-refractivity contribution in [2.75, 3.05) is 0 Å². The van der Waals surface area contributed by atoms with Gasteiger partial charge in [-0.2, -0.15) is 5.10 Å². The van der Waals surface area contributed by atoms with Crippen LogP contribution in [0, 0.1) is 0 Å². The van der Waals surface area contributed by atoms with Crippen LogP contribution in [-0.4, -0.2) is 20.9 Å². The summed E-state index contributed by atoms with van der Waals surface area (Å²) in [4.78, 5) is 10.8. The van der Waals surface area contributed by atoms with Crippen molar-refractivity contribution < 1.29 is 9.90 Å². The minimum Gasteiger partial charge on any atom is -0.479 e. The largest absolute Gasteiger partial charge is 0.479 e. The summed E-state index contributed by atoms with van der Waals surface area (Å²) in [5.74, 6) is -1.01. The lowest BCUT2D eigenvalue weighted by Crippen LogP contribution is -2.18. The fourth-order valence-electron chi connectivity index (χ4n) is 0.858. The number of hydrogen-bond acceptors (Lipinski definition) is 2. The Morgan fingerprint density at radius 3 is 2.43 bits per heavy atom. The summed E-state index contributed by atoms with van der Waals surface area (Å²) in [6.07, 6.45) is 1.30. The minimum atomic E-state index is -1.01. The van der Waals surface area contributed by atoms with E-state index in [-0.39, 0.29) is 0 Å². The number of carboxylic acids is 1. The van der Waals surface area contributed by atoms with Crippen molar-refractivity contribution in [2.45, 2.75) is 6.04 Å². The Balaban J connectivity index is 3.24. The Hall–Kier alpha value is -0.140. The molecule has 14 heavy (non-hydrogen) atoms. The molecule has 0 saturated heterocycles. The van der Waals surface area contributed by atoms with Gasteiger partial charge in [-0.25, -0.2) is 9.48 Å². The lowest BCUT2D eigenvalue weighted by atomic mass is 10.3. The van der Waals surface area contributed by atoms with Gasteiger partial charge in [0, 0.05) is 0 Å². The van der Waals surface area contributed by atoms with Gasteiger partial charge in [-0.3, -0.25) is 0 Å². The lowest BCUT2D eigenvalue weighted by molar-refractivity contribution is -0.139. The fourth-order valence-corrected chi connectivity index (χ4v) is 2.23.